The van der Waals surface area contributed by atoms with Gasteiger partial charge in [0.05, 0.1) is 12.5 Å². The first kappa shape index (κ1) is 16.0. The minimum atomic E-state index is -0.162. The van der Waals surface area contributed by atoms with E-state index in [9.17, 15) is 9.90 Å². The van der Waals surface area contributed by atoms with Crippen LogP contribution in [-0.4, -0.2) is 23.2 Å². The molecule has 0 radical (unpaired) electrons. The number of carbonyl (C=O) groups is 1. The van der Waals surface area contributed by atoms with Crippen LogP contribution < -0.4 is 5.32 Å². The van der Waals surface area contributed by atoms with Crippen molar-refractivity contribution in [1.29, 1.82) is 0 Å². The molecule has 2 N–H and O–H groups in total. The van der Waals surface area contributed by atoms with Crippen molar-refractivity contribution >= 4 is 5.91 Å². The smallest absolute Gasteiger partial charge is 0.224 e. The van der Waals surface area contributed by atoms with Crippen molar-refractivity contribution in [3.8, 4) is 0 Å². The van der Waals surface area contributed by atoms with Crippen LogP contribution in [0.25, 0.3) is 0 Å². The highest BCUT2D eigenvalue weighted by Crippen LogP contribution is 2.31. The van der Waals surface area contributed by atoms with Gasteiger partial charge >= 0.3 is 0 Å². The van der Waals surface area contributed by atoms with E-state index in [1.807, 2.05) is 12.1 Å². The van der Waals surface area contributed by atoms with Crippen molar-refractivity contribution in [1.82, 2.24) is 5.32 Å². The molecule has 21 heavy (non-hydrogen) atoms. The number of benzene rings is 1. The van der Waals surface area contributed by atoms with E-state index in [2.05, 4.69) is 38.2 Å². The van der Waals surface area contributed by atoms with E-state index in [1.54, 1.807) is 0 Å². The maximum atomic E-state index is 12.2. The Morgan fingerprint density at radius 2 is 1.90 bits per heavy atom. The molecule has 1 atom stereocenters. The Morgan fingerprint density at radius 1 is 1.29 bits per heavy atom. The monoisotopic (exact) mass is 289 g/mol. The zero-order valence-electron chi connectivity index (χ0n) is 13.3. The average Bonchev–Trinajstić information content (AvgIpc) is 2.42. The van der Waals surface area contributed by atoms with Gasteiger partial charge in [-0.15, -0.1) is 0 Å². The predicted molar refractivity (Wildman–Crippen MR) is 85.2 cm³/mol. The number of hydrogen-bond acceptors (Lipinski definition) is 2. The van der Waals surface area contributed by atoms with Gasteiger partial charge in [-0.2, -0.15) is 0 Å². The Balaban J connectivity index is 1.85. The molecular weight excluding hydrogens is 262 g/mol. The fourth-order valence-corrected chi connectivity index (χ4v) is 2.98. The minimum absolute atomic E-state index is 0.0838. The normalized spacial score (nSPS) is 22.7. The maximum absolute atomic E-state index is 12.2. The Bertz CT molecular complexity index is 461. The summed E-state index contributed by atoms with van der Waals surface area (Å²) in [5.74, 6) is 1.04. The van der Waals surface area contributed by atoms with Gasteiger partial charge in [0.2, 0.25) is 5.91 Å². The second kappa shape index (κ2) is 7.08. The molecule has 0 heterocycles. The second-order valence-electron chi connectivity index (χ2n) is 6.54. The van der Waals surface area contributed by atoms with E-state index in [0.717, 1.165) is 24.8 Å². The zero-order chi connectivity index (χ0) is 15.4. The van der Waals surface area contributed by atoms with Gasteiger partial charge in [0, 0.05) is 6.04 Å². The molecule has 1 aromatic rings. The zero-order valence-corrected chi connectivity index (χ0v) is 13.3. The van der Waals surface area contributed by atoms with Gasteiger partial charge in [-0.3, -0.25) is 4.79 Å². The largest absolute Gasteiger partial charge is 0.393 e. The van der Waals surface area contributed by atoms with Gasteiger partial charge in [0.15, 0.2) is 0 Å². The van der Waals surface area contributed by atoms with Crippen molar-refractivity contribution in [3.05, 3.63) is 35.4 Å². The van der Waals surface area contributed by atoms with Crippen molar-refractivity contribution in [3.63, 3.8) is 0 Å². The number of hydrogen-bond donors (Lipinski definition) is 2. The van der Waals surface area contributed by atoms with E-state index >= 15 is 0 Å². The summed E-state index contributed by atoms with van der Waals surface area (Å²) in [5, 5.41) is 12.5. The van der Waals surface area contributed by atoms with Crippen LogP contribution in [0.4, 0.5) is 0 Å². The molecule has 0 bridgehead atoms. The van der Waals surface area contributed by atoms with Crippen LogP contribution in [0.3, 0.4) is 0 Å². The fraction of sp³-hybridized carbons (Fsp3) is 0.611. The number of aliphatic hydroxyl groups is 1. The third kappa shape index (κ3) is 4.31. The number of amides is 1. The topological polar surface area (TPSA) is 49.3 Å². The first-order valence-electron chi connectivity index (χ1n) is 8.05. The Morgan fingerprint density at radius 3 is 2.38 bits per heavy atom. The predicted octanol–water partition coefficient (Wildman–Crippen LogP) is 3.02. The number of carbonyl (C=O) groups excluding carboxylic acids is 1. The molecule has 116 valence electrons. The lowest BCUT2D eigenvalue weighted by Gasteiger charge is -2.37. The van der Waals surface area contributed by atoms with Crippen LogP contribution in [0.5, 0.6) is 0 Å². The molecule has 1 aliphatic carbocycles. The molecule has 3 nitrogen and oxygen atoms in total. The summed E-state index contributed by atoms with van der Waals surface area (Å²) < 4.78 is 0. The molecule has 1 amide bonds. The Labute approximate surface area is 127 Å². The molecule has 0 aliphatic heterocycles. The summed E-state index contributed by atoms with van der Waals surface area (Å²) in [6, 6.07) is 8.50. The van der Waals surface area contributed by atoms with E-state index < -0.39 is 0 Å². The van der Waals surface area contributed by atoms with Gasteiger partial charge in [-0.1, -0.05) is 45.0 Å². The summed E-state index contributed by atoms with van der Waals surface area (Å²) in [4.78, 5) is 12.2. The van der Waals surface area contributed by atoms with Gasteiger partial charge in [-0.05, 0) is 42.2 Å². The van der Waals surface area contributed by atoms with Crippen LogP contribution in [0.15, 0.2) is 24.3 Å². The molecule has 0 aromatic heterocycles. The third-order valence-corrected chi connectivity index (χ3v) is 4.52. The maximum Gasteiger partial charge on any atom is 0.224 e. The minimum Gasteiger partial charge on any atom is -0.393 e. The standard InChI is InChI=1S/C18H27NO2/c1-4-17(15-10-16(20)11-15)19-18(21)9-13-5-7-14(8-6-13)12(2)3/h5-8,12,15-17,20H,4,9-11H2,1-3H3,(H,19,21)/t15?,16?,17-/m1/s1. The lowest BCUT2D eigenvalue weighted by atomic mass is 9.76. The van der Waals surface area contributed by atoms with E-state index in [1.165, 1.54) is 5.56 Å². The molecule has 0 unspecified atom stereocenters. The highest BCUT2D eigenvalue weighted by Gasteiger charge is 2.33. The van der Waals surface area contributed by atoms with Crippen LogP contribution >= 0.6 is 0 Å². The van der Waals surface area contributed by atoms with Gasteiger partial charge in [0.25, 0.3) is 0 Å². The number of nitrogens with one attached hydrogen (secondary N) is 1. The fourth-order valence-electron chi connectivity index (χ4n) is 2.98. The van der Waals surface area contributed by atoms with E-state index in [0.29, 0.717) is 18.3 Å². The highest BCUT2D eigenvalue weighted by atomic mass is 16.3. The molecule has 2 rings (SSSR count). The van der Waals surface area contributed by atoms with Crippen LogP contribution in [-0.2, 0) is 11.2 Å². The molecule has 1 aliphatic rings. The summed E-state index contributed by atoms with van der Waals surface area (Å²) in [5.41, 5.74) is 2.36. The lowest BCUT2D eigenvalue weighted by molar-refractivity contribution is -0.122. The molecule has 1 fully saturated rings. The summed E-state index contributed by atoms with van der Waals surface area (Å²) in [7, 11) is 0. The molecule has 1 saturated carbocycles. The molecule has 1 aromatic carbocycles. The second-order valence-corrected chi connectivity index (χ2v) is 6.54. The van der Waals surface area contributed by atoms with Crippen molar-refractivity contribution in [2.24, 2.45) is 5.92 Å². The van der Waals surface area contributed by atoms with Gasteiger partial charge in [-0.25, -0.2) is 0 Å². The Hall–Kier alpha value is -1.35. The third-order valence-electron chi connectivity index (χ3n) is 4.52. The van der Waals surface area contributed by atoms with Crippen LogP contribution in [0.2, 0.25) is 0 Å². The van der Waals surface area contributed by atoms with Crippen LogP contribution in [0, 0.1) is 5.92 Å². The van der Waals surface area contributed by atoms with Gasteiger partial charge in [0.1, 0.15) is 0 Å². The van der Waals surface area contributed by atoms with Gasteiger partial charge < -0.3 is 10.4 Å². The summed E-state index contributed by atoms with van der Waals surface area (Å²) in [6.45, 7) is 6.42. The summed E-state index contributed by atoms with van der Waals surface area (Å²) in [6.07, 6.45) is 2.84. The molecule has 0 spiro atoms. The van der Waals surface area contributed by atoms with Crippen molar-refractivity contribution in [2.75, 3.05) is 0 Å². The average molecular weight is 289 g/mol. The highest BCUT2D eigenvalue weighted by molar-refractivity contribution is 5.78. The summed E-state index contributed by atoms with van der Waals surface area (Å²) >= 11 is 0. The first-order valence-corrected chi connectivity index (χ1v) is 8.05. The quantitative estimate of drug-likeness (QED) is 0.845. The lowest BCUT2D eigenvalue weighted by Crippen LogP contribution is -2.47. The number of rotatable bonds is 6. The molecular formula is C18H27NO2. The molecule has 3 heteroatoms. The van der Waals surface area contributed by atoms with Crippen molar-refractivity contribution in [2.45, 2.75) is 64.5 Å². The SMILES string of the molecule is CC[C@@H](NC(=O)Cc1ccc(C(C)C)cc1)C1CC(O)C1. The number of aliphatic hydroxyl groups excluding tert-OH is 1. The Kier molecular flexibility index (Phi) is 5.40. The van der Waals surface area contributed by atoms with E-state index in [4.69, 9.17) is 0 Å². The van der Waals surface area contributed by atoms with Crippen molar-refractivity contribution < 1.29 is 9.90 Å². The van der Waals surface area contributed by atoms with E-state index in [-0.39, 0.29) is 18.1 Å². The first-order chi connectivity index (χ1) is 9.99. The van der Waals surface area contributed by atoms with Crippen LogP contribution in [0.1, 0.15) is 57.1 Å². The molecule has 0 saturated heterocycles.